The number of carbonyl (C=O) groups is 1. The number of rotatable bonds is 3. The van der Waals surface area contributed by atoms with Gasteiger partial charge in [0.2, 0.25) is 0 Å². The molecule has 2 aromatic carbocycles. The molecule has 3 rings (SSSR count). The molecule has 1 aromatic heterocycles. The number of benzene rings is 2. The number of carboxylic acids is 1. The zero-order valence-electron chi connectivity index (χ0n) is 11.2. The Balaban J connectivity index is 1.98. The van der Waals surface area contributed by atoms with E-state index < -0.39 is 5.97 Å². The van der Waals surface area contributed by atoms with Crippen molar-refractivity contribution < 1.29 is 9.90 Å². The van der Waals surface area contributed by atoms with Crippen molar-refractivity contribution >= 4 is 16.9 Å². The summed E-state index contributed by atoms with van der Waals surface area (Å²) in [5, 5.41) is 18.8. The van der Waals surface area contributed by atoms with Gasteiger partial charge in [0.1, 0.15) is 0 Å². The van der Waals surface area contributed by atoms with Crippen LogP contribution in [0.3, 0.4) is 0 Å². The van der Waals surface area contributed by atoms with Gasteiger partial charge in [-0.25, -0.2) is 4.79 Å². The van der Waals surface area contributed by atoms with Crippen LogP contribution in [-0.4, -0.2) is 15.6 Å². The normalized spacial score (nSPS) is 10.4. The van der Waals surface area contributed by atoms with Crippen LogP contribution in [0.4, 0.5) is 0 Å². The Bertz CT molecular complexity index is 872. The van der Waals surface area contributed by atoms with E-state index in [0.29, 0.717) is 12.1 Å². The molecule has 0 spiro atoms. The number of nitrogens with zero attached hydrogens (tertiary/aromatic N) is 2. The summed E-state index contributed by atoms with van der Waals surface area (Å²) >= 11 is 0. The first-order valence-electron chi connectivity index (χ1n) is 6.48. The van der Waals surface area contributed by atoms with Gasteiger partial charge in [-0.05, 0) is 42.0 Å². The number of fused-ring (bicyclic) bond motifs is 1. The fourth-order valence-electron chi connectivity index (χ4n) is 2.41. The van der Waals surface area contributed by atoms with Crippen LogP contribution in [0.15, 0.2) is 54.7 Å². The van der Waals surface area contributed by atoms with Gasteiger partial charge in [-0.2, -0.15) is 5.26 Å². The maximum absolute atomic E-state index is 11.0. The zero-order chi connectivity index (χ0) is 14.8. The van der Waals surface area contributed by atoms with Crippen molar-refractivity contribution in [1.82, 2.24) is 4.57 Å². The van der Waals surface area contributed by atoms with Crippen LogP contribution in [0.25, 0.3) is 10.9 Å². The lowest BCUT2D eigenvalue weighted by Gasteiger charge is -2.06. The minimum absolute atomic E-state index is 0.284. The Kier molecular flexibility index (Phi) is 3.17. The second-order valence-corrected chi connectivity index (χ2v) is 4.83. The van der Waals surface area contributed by atoms with E-state index in [1.807, 2.05) is 41.1 Å². The van der Waals surface area contributed by atoms with Gasteiger partial charge in [-0.3, -0.25) is 0 Å². The molecular weight excluding hydrogens is 264 g/mol. The average Bonchev–Trinajstić information content (AvgIpc) is 2.90. The number of hydrogen-bond donors (Lipinski definition) is 1. The minimum atomic E-state index is -0.925. The molecule has 3 aromatic rings. The van der Waals surface area contributed by atoms with Gasteiger partial charge in [-0.1, -0.05) is 12.1 Å². The molecule has 4 heteroatoms. The Hall–Kier alpha value is -3.06. The lowest BCUT2D eigenvalue weighted by Crippen LogP contribution is -1.99. The predicted octanol–water partition coefficient (Wildman–Crippen LogP) is 3.26. The summed E-state index contributed by atoms with van der Waals surface area (Å²) in [6.07, 6.45) is 1.93. The number of nitriles is 1. The molecule has 0 fully saturated rings. The van der Waals surface area contributed by atoms with Crippen LogP contribution in [-0.2, 0) is 6.54 Å². The van der Waals surface area contributed by atoms with Crippen LogP contribution in [0, 0.1) is 11.3 Å². The van der Waals surface area contributed by atoms with E-state index in [9.17, 15) is 4.79 Å². The smallest absolute Gasteiger partial charge is 0.335 e. The highest BCUT2D eigenvalue weighted by Crippen LogP contribution is 2.19. The quantitative estimate of drug-likeness (QED) is 0.798. The Labute approximate surface area is 121 Å². The molecule has 0 saturated carbocycles. The standard InChI is InChI=1S/C17H12N2O2/c18-10-12-2-1-3-13(8-12)11-19-7-6-14-9-15(17(20)21)4-5-16(14)19/h1-9H,11H2,(H,20,21). The molecule has 0 aliphatic carbocycles. The van der Waals surface area contributed by atoms with Crippen molar-refractivity contribution in [3.05, 3.63) is 71.4 Å². The van der Waals surface area contributed by atoms with Crippen LogP contribution in [0.5, 0.6) is 0 Å². The zero-order valence-corrected chi connectivity index (χ0v) is 11.2. The molecule has 1 N–H and O–H groups in total. The minimum Gasteiger partial charge on any atom is -0.478 e. The van der Waals surface area contributed by atoms with E-state index in [1.165, 1.54) is 0 Å². The van der Waals surface area contributed by atoms with Gasteiger partial charge in [0.15, 0.2) is 0 Å². The van der Waals surface area contributed by atoms with E-state index in [1.54, 1.807) is 18.2 Å². The number of aromatic nitrogens is 1. The second kappa shape index (κ2) is 5.14. The number of carboxylic acid groups (broad SMARTS) is 1. The van der Waals surface area contributed by atoms with Crippen molar-refractivity contribution in [1.29, 1.82) is 5.26 Å². The second-order valence-electron chi connectivity index (χ2n) is 4.83. The largest absolute Gasteiger partial charge is 0.478 e. The average molecular weight is 276 g/mol. The van der Waals surface area contributed by atoms with Crippen molar-refractivity contribution in [2.75, 3.05) is 0 Å². The molecule has 0 bridgehead atoms. The Morgan fingerprint density at radius 3 is 2.81 bits per heavy atom. The van der Waals surface area contributed by atoms with Gasteiger partial charge in [0, 0.05) is 23.6 Å². The topological polar surface area (TPSA) is 66.0 Å². The van der Waals surface area contributed by atoms with E-state index in [4.69, 9.17) is 10.4 Å². The van der Waals surface area contributed by atoms with Crippen LogP contribution >= 0.6 is 0 Å². The maximum Gasteiger partial charge on any atom is 0.335 e. The van der Waals surface area contributed by atoms with Gasteiger partial charge >= 0.3 is 5.97 Å². The summed E-state index contributed by atoms with van der Waals surface area (Å²) < 4.78 is 2.04. The highest BCUT2D eigenvalue weighted by atomic mass is 16.4. The molecule has 0 aliphatic rings. The first kappa shape index (κ1) is 12.9. The maximum atomic E-state index is 11.0. The van der Waals surface area contributed by atoms with Crippen molar-refractivity contribution in [2.24, 2.45) is 0 Å². The third-order valence-electron chi connectivity index (χ3n) is 3.43. The van der Waals surface area contributed by atoms with E-state index >= 15 is 0 Å². The number of hydrogen-bond acceptors (Lipinski definition) is 2. The van der Waals surface area contributed by atoms with Crippen LogP contribution in [0.2, 0.25) is 0 Å². The van der Waals surface area contributed by atoms with Crippen molar-refractivity contribution in [3.63, 3.8) is 0 Å². The summed E-state index contributed by atoms with van der Waals surface area (Å²) in [5.74, 6) is -0.925. The monoisotopic (exact) mass is 276 g/mol. The molecule has 4 nitrogen and oxygen atoms in total. The lowest BCUT2D eigenvalue weighted by molar-refractivity contribution is 0.0697. The summed E-state index contributed by atoms with van der Waals surface area (Å²) in [4.78, 5) is 11.0. The van der Waals surface area contributed by atoms with Crippen LogP contribution < -0.4 is 0 Å². The summed E-state index contributed by atoms with van der Waals surface area (Å²) in [5.41, 5.74) is 2.93. The molecule has 0 amide bonds. The Morgan fingerprint density at radius 2 is 2.05 bits per heavy atom. The molecular formula is C17H12N2O2. The van der Waals surface area contributed by atoms with Crippen molar-refractivity contribution in [3.8, 4) is 6.07 Å². The highest BCUT2D eigenvalue weighted by molar-refractivity contribution is 5.93. The summed E-state index contributed by atoms with van der Waals surface area (Å²) in [6.45, 7) is 0.644. The SMILES string of the molecule is N#Cc1cccc(Cn2ccc3cc(C(=O)O)ccc32)c1. The summed E-state index contributed by atoms with van der Waals surface area (Å²) in [7, 11) is 0. The predicted molar refractivity (Wildman–Crippen MR) is 79.2 cm³/mol. The molecule has 102 valence electrons. The summed E-state index contributed by atoms with van der Waals surface area (Å²) in [6, 6.07) is 16.6. The Morgan fingerprint density at radius 1 is 1.19 bits per heavy atom. The van der Waals surface area contributed by atoms with E-state index in [2.05, 4.69) is 6.07 Å². The molecule has 0 atom stereocenters. The molecule has 0 radical (unpaired) electrons. The van der Waals surface area contributed by atoms with E-state index in [0.717, 1.165) is 16.5 Å². The third kappa shape index (κ3) is 2.49. The van der Waals surface area contributed by atoms with E-state index in [-0.39, 0.29) is 5.56 Å². The van der Waals surface area contributed by atoms with Gasteiger partial charge in [-0.15, -0.1) is 0 Å². The molecule has 0 aliphatic heterocycles. The first-order chi connectivity index (χ1) is 10.2. The van der Waals surface area contributed by atoms with Gasteiger partial charge in [0.05, 0.1) is 17.2 Å². The third-order valence-corrected chi connectivity index (χ3v) is 3.43. The fraction of sp³-hybridized carbons (Fsp3) is 0.0588. The molecule has 1 heterocycles. The van der Waals surface area contributed by atoms with Crippen molar-refractivity contribution in [2.45, 2.75) is 6.54 Å². The van der Waals surface area contributed by atoms with Gasteiger partial charge in [0.25, 0.3) is 0 Å². The molecule has 0 unspecified atom stereocenters. The fourth-order valence-corrected chi connectivity index (χ4v) is 2.41. The molecule has 21 heavy (non-hydrogen) atoms. The van der Waals surface area contributed by atoms with Crippen LogP contribution in [0.1, 0.15) is 21.5 Å². The molecule has 0 saturated heterocycles. The lowest BCUT2D eigenvalue weighted by atomic mass is 10.1. The van der Waals surface area contributed by atoms with Gasteiger partial charge < -0.3 is 9.67 Å². The first-order valence-corrected chi connectivity index (χ1v) is 6.48. The number of aromatic carboxylic acids is 1. The highest BCUT2D eigenvalue weighted by Gasteiger charge is 2.07.